The average molecular weight is 344 g/mol. The molecule has 0 aromatic heterocycles. The summed E-state index contributed by atoms with van der Waals surface area (Å²) in [5.74, 6) is -0.889. The third kappa shape index (κ3) is 2.94. The Morgan fingerprint density at radius 1 is 1.50 bits per heavy atom. The maximum atomic E-state index is 12.5. The molecule has 20 heavy (non-hydrogen) atoms. The highest BCUT2D eigenvalue weighted by Gasteiger charge is 2.34. The first-order chi connectivity index (χ1) is 9.54. The van der Waals surface area contributed by atoms with Crippen LogP contribution >= 0.6 is 15.9 Å². The summed E-state index contributed by atoms with van der Waals surface area (Å²) in [5.41, 5.74) is 0.373. The Bertz CT molecular complexity index is 533. The maximum Gasteiger partial charge on any atom is 0.328 e. The highest BCUT2D eigenvalue weighted by Crippen LogP contribution is 2.25. The summed E-state index contributed by atoms with van der Waals surface area (Å²) in [7, 11) is 1.51. The van der Waals surface area contributed by atoms with Crippen LogP contribution in [0.5, 0.6) is 5.75 Å². The molecule has 1 aromatic rings. The molecule has 0 spiro atoms. The van der Waals surface area contributed by atoms with Gasteiger partial charge in [-0.3, -0.25) is 4.79 Å². The van der Waals surface area contributed by atoms with E-state index in [9.17, 15) is 9.59 Å². The Kier molecular flexibility index (Phi) is 4.61. The number of ether oxygens (including phenoxy) is 2. The lowest BCUT2D eigenvalue weighted by Crippen LogP contribution is -2.52. The normalized spacial score (nSPS) is 18.7. The van der Waals surface area contributed by atoms with Crippen molar-refractivity contribution in [2.24, 2.45) is 0 Å². The average Bonchev–Trinajstić information content (AvgIpc) is 2.47. The van der Waals surface area contributed by atoms with Gasteiger partial charge < -0.3 is 19.5 Å². The summed E-state index contributed by atoms with van der Waals surface area (Å²) in [6.07, 6.45) is 0. The molecule has 0 aliphatic carbocycles. The van der Waals surface area contributed by atoms with Gasteiger partial charge in [0.25, 0.3) is 5.91 Å². The summed E-state index contributed by atoms with van der Waals surface area (Å²) in [5, 5.41) is 9.16. The Morgan fingerprint density at radius 2 is 2.25 bits per heavy atom. The van der Waals surface area contributed by atoms with Crippen LogP contribution in [0.25, 0.3) is 0 Å². The molecule has 0 bridgehead atoms. The fraction of sp³-hybridized carbons (Fsp3) is 0.385. The molecule has 1 atom stereocenters. The van der Waals surface area contributed by atoms with Crippen molar-refractivity contribution in [3.63, 3.8) is 0 Å². The number of carbonyl (C=O) groups is 2. The summed E-state index contributed by atoms with van der Waals surface area (Å²) in [6, 6.07) is 4.03. The monoisotopic (exact) mass is 343 g/mol. The molecule has 7 heteroatoms. The van der Waals surface area contributed by atoms with E-state index in [1.165, 1.54) is 12.0 Å². The SMILES string of the molecule is COc1ccc(Br)c(C(=O)N2CCOC[C@H]2C(=O)O)c1. The van der Waals surface area contributed by atoms with E-state index >= 15 is 0 Å². The van der Waals surface area contributed by atoms with E-state index in [-0.39, 0.29) is 19.1 Å². The summed E-state index contributed by atoms with van der Waals surface area (Å²) in [6.45, 7) is 0.583. The molecule has 6 nitrogen and oxygen atoms in total. The minimum Gasteiger partial charge on any atom is -0.497 e. The lowest BCUT2D eigenvalue weighted by atomic mass is 10.1. The van der Waals surface area contributed by atoms with Gasteiger partial charge in [0.1, 0.15) is 5.75 Å². The van der Waals surface area contributed by atoms with Crippen molar-refractivity contribution in [1.82, 2.24) is 4.90 Å². The van der Waals surface area contributed by atoms with Gasteiger partial charge in [0, 0.05) is 11.0 Å². The minimum absolute atomic E-state index is 0.00264. The highest BCUT2D eigenvalue weighted by atomic mass is 79.9. The number of aliphatic carboxylic acids is 1. The van der Waals surface area contributed by atoms with Crippen molar-refractivity contribution < 1.29 is 24.2 Å². The zero-order valence-corrected chi connectivity index (χ0v) is 12.4. The summed E-state index contributed by atoms with van der Waals surface area (Å²) in [4.78, 5) is 25.0. The van der Waals surface area contributed by atoms with Gasteiger partial charge in [-0.25, -0.2) is 4.79 Å². The minimum atomic E-state index is -1.07. The van der Waals surface area contributed by atoms with Gasteiger partial charge in [0.2, 0.25) is 0 Å². The van der Waals surface area contributed by atoms with Crippen LogP contribution in [0.4, 0.5) is 0 Å². The molecule has 1 amide bonds. The topological polar surface area (TPSA) is 76.1 Å². The van der Waals surface area contributed by atoms with Crippen molar-refractivity contribution in [2.75, 3.05) is 26.9 Å². The van der Waals surface area contributed by atoms with E-state index < -0.39 is 12.0 Å². The Morgan fingerprint density at radius 3 is 2.90 bits per heavy atom. The fourth-order valence-corrected chi connectivity index (χ4v) is 2.42. The molecule has 0 unspecified atom stereocenters. The van der Waals surface area contributed by atoms with Gasteiger partial charge in [-0.05, 0) is 34.1 Å². The number of morpholine rings is 1. The number of hydrogen-bond acceptors (Lipinski definition) is 4. The number of rotatable bonds is 3. The van der Waals surface area contributed by atoms with Gasteiger partial charge >= 0.3 is 5.97 Å². The second-order valence-corrected chi connectivity index (χ2v) is 5.13. The maximum absolute atomic E-state index is 12.5. The number of halogens is 1. The van der Waals surface area contributed by atoms with Gasteiger partial charge in [-0.1, -0.05) is 0 Å². The zero-order chi connectivity index (χ0) is 14.7. The molecule has 1 fully saturated rings. The van der Waals surface area contributed by atoms with Gasteiger partial charge in [-0.2, -0.15) is 0 Å². The largest absolute Gasteiger partial charge is 0.497 e. The van der Waals surface area contributed by atoms with Gasteiger partial charge in [0.15, 0.2) is 6.04 Å². The van der Waals surface area contributed by atoms with Crippen molar-refractivity contribution in [2.45, 2.75) is 6.04 Å². The predicted octanol–water partition coefficient (Wildman–Crippen LogP) is 1.38. The first-order valence-corrected chi connectivity index (χ1v) is 6.79. The Labute approximate surface area is 124 Å². The van der Waals surface area contributed by atoms with Crippen LogP contribution in [-0.4, -0.2) is 54.8 Å². The second kappa shape index (κ2) is 6.23. The van der Waals surface area contributed by atoms with Crippen LogP contribution in [-0.2, 0) is 9.53 Å². The molecule has 1 aliphatic heterocycles. The van der Waals surface area contributed by atoms with Crippen LogP contribution in [0.15, 0.2) is 22.7 Å². The molecule has 2 rings (SSSR count). The molecule has 1 heterocycles. The summed E-state index contributed by atoms with van der Waals surface area (Å²) < 4.78 is 10.8. The number of hydrogen-bond donors (Lipinski definition) is 1. The van der Waals surface area contributed by atoms with E-state index in [4.69, 9.17) is 14.6 Å². The number of nitrogens with zero attached hydrogens (tertiary/aromatic N) is 1. The summed E-state index contributed by atoms with van der Waals surface area (Å²) >= 11 is 3.30. The molecule has 0 radical (unpaired) electrons. The number of carboxylic acids is 1. The van der Waals surface area contributed by atoms with Crippen LogP contribution in [0.1, 0.15) is 10.4 Å². The highest BCUT2D eigenvalue weighted by molar-refractivity contribution is 9.10. The standard InChI is InChI=1S/C13H14BrNO5/c1-19-8-2-3-10(14)9(6-8)12(16)15-4-5-20-7-11(15)13(17)18/h2-3,6,11H,4-5,7H2,1H3,(H,17,18)/t11-/m0/s1. The van der Waals surface area contributed by atoms with E-state index in [0.717, 1.165) is 0 Å². The van der Waals surface area contributed by atoms with E-state index in [2.05, 4.69) is 15.9 Å². The molecule has 1 aromatic carbocycles. The molecular formula is C13H14BrNO5. The molecule has 1 aliphatic rings. The number of carboxylic acid groups (broad SMARTS) is 1. The first kappa shape index (κ1) is 14.8. The van der Waals surface area contributed by atoms with E-state index in [1.807, 2.05) is 0 Å². The number of methoxy groups -OCH3 is 1. The lowest BCUT2D eigenvalue weighted by molar-refractivity contribution is -0.147. The van der Waals surface area contributed by atoms with Crippen molar-refractivity contribution in [3.05, 3.63) is 28.2 Å². The number of carbonyl (C=O) groups excluding carboxylic acids is 1. The van der Waals surface area contributed by atoms with Crippen LogP contribution in [0.2, 0.25) is 0 Å². The van der Waals surface area contributed by atoms with Crippen LogP contribution in [0, 0.1) is 0 Å². The van der Waals surface area contributed by atoms with Gasteiger partial charge in [-0.15, -0.1) is 0 Å². The Balaban J connectivity index is 2.31. The fourth-order valence-electron chi connectivity index (χ4n) is 2.00. The molecular weight excluding hydrogens is 330 g/mol. The number of benzene rings is 1. The molecule has 108 valence electrons. The second-order valence-electron chi connectivity index (χ2n) is 4.27. The predicted molar refractivity (Wildman–Crippen MR) is 74.0 cm³/mol. The first-order valence-electron chi connectivity index (χ1n) is 5.99. The lowest BCUT2D eigenvalue weighted by Gasteiger charge is -2.33. The van der Waals surface area contributed by atoms with Crippen LogP contribution < -0.4 is 4.74 Å². The molecule has 1 saturated heterocycles. The van der Waals surface area contributed by atoms with Crippen molar-refractivity contribution in [1.29, 1.82) is 0 Å². The van der Waals surface area contributed by atoms with Crippen LogP contribution in [0.3, 0.4) is 0 Å². The van der Waals surface area contributed by atoms with Crippen molar-refractivity contribution in [3.8, 4) is 5.75 Å². The Hall–Kier alpha value is -1.60. The van der Waals surface area contributed by atoms with E-state index in [0.29, 0.717) is 22.4 Å². The number of amides is 1. The van der Waals surface area contributed by atoms with E-state index in [1.54, 1.807) is 18.2 Å². The smallest absolute Gasteiger partial charge is 0.328 e. The third-order valence-corrected chi connectivity index (χ3v) is 3.77. The van der Waals surface area contributed by atoms with Gasteiger partial charge in [0.05, 0.1) is 25.9 Å². The zero-order valence-electron chi connectivity index (χ0n) is 10.8. The molecule has 0 saturated carbocycles. The van der Waals surface area contributed by atoms with Crippen molar-refractivity contribution >= 4 is 27.8 Å². The third-order valence-electron chi connectivity index (χ3n) is 3.08. The quantitative estimate of drug-likeness (QED) is 0.897. The molecule has 1 N–H and O–H groups in total.